The molecule has 0 aromatic heterocycles. The van der Waals surface area contributed by atoms with Crippen LogP contribution in [0, 0.1) is 0 Å². The van der Waals surface area contributed by atoms with E-state index in [1.54, 1.807) is 0 Å². The van der Waals surface area contributed by atoms with Crippen LogP contribution in [0.15, 0.2) is 0 Å². The average molecular weight is 321 g/mol. The molecule has 0 aromatic rings. The van der Waals surface area contributed by atoms with Crippen molar-refractivity contribution in [2.45, 2.75) is 114 Å². The van der Waals surface area contributed by atoms with Crippen LogP contribution in [-0.2, 0) is 0 Å². The molecule has 0 spiro atoms. The molecule has 3 aliphatic rings. The Bertz CT molecular complexity index is 247. The smallest absolute Gasteiger partial charge is 0.368 e. The molecule has 0 bridgehead atoms. The van der Waals surface area contributed by atoms with Gasteiger partial charge in [0, 0.05) is 0 Å². The van der Waals surface area contributed by atoms with Crippen LogP contribution in [0.1, 0.15) is 96.3 Å². The van der Waals surface area contributed by atoms with Gasteiger partial charge in [-0.2, -0.15) is 0 Å². The second-order valence-electron chi connectivity index (χ2n) is 7.94. The average Bonchev–Trinajstić information content (AvgIpc) is 2.57. The first kappa shape index (κ1) is 17.2. The Hall–Kier alpha value is 0.412. The van der Waals surface area contributed by atoms with Crippen LogP contribution in [-0.4, -0.2) is 32.9 Å². The monoisotopic (exact) mass is 321 g/mol. The quantitative estimate of drug-likeness (QED) is 0.652. The van der Waals surface area contributed by atoms with Gasteiger partial charge in [0.25, 0.3) is 0 Å². The maximum Gasteiger partial charge on any atom is 0.601 e. The minimum atomic E-state index is -1.20. The zero-order chi connectivity index (χ0) is 15.0. The predicted octanol–water partition coefficient (Wildman–Crippen LogP) is 3.74. The predicted molar refractivity (Wildman–Crippen MR) is 95.8 cm³/mol. The molecule has 0 radical (unpaired) electrons. The molecule has 22 heavy (non-hydrogen) atoms. The second-order valence-corrected chi connectivity index (χ2v) is 9.80. The summed E-state index contributed by atoms with van der Waals surface area (Å²) in [5.41, 5.74) is 0. The Labute approximate surface area is 142 Å². The van der Waals surface area contributed by atoms with E-state index < -0.39 is 14.8 Å². The number of nitrogens with one attached hydrogen (secondary N) is 3. The zero-order valence-corrected chi connectivity index (χ0v) is 15.6. The Morgan fingerprint density at radius 2 is 0.682 bits per heavy atom. The van der Waals surface area contributed by atoms with E-state index in [2.05, 4.69) is 12.9 Å². The Morgan fingerprint density at radius 3 is 0.955 bits per heavy atom. The van der Waals surface area contributed by atoms with Gasteiger partial charge < -0.3 is 12.9 Å². The summed E-state index contributed by atoms with van der Waals surface area (Å²) in [6.07, 6.45) is 21.4. The molecular formula is C18H36AlN3. The summed E-state index contributed by atoms with van der Waals surface area (Å²) < 4.78 is 12.2. The summed E-state index contributed by atoms with van der Waals surface area (Å²) in [7, 11) is 0. The van der Waals surface area contributed by atoms with Crippen LogP contribution in [0.3, 0.4) is 0 Å². The molecule has 0 heterocycles. The lowest BCUT2D eigenvalue weighted by Crippen LogP contribution is -2.66. The van der Waals surface area contributed by atoms with Gasteiger partial charge in [0.1, 0.15) is 0 Å². The molecule has 0 aromatic carbocycles. The van der Waals surface area contributed by atoms with E-state index in [9.17, 15) is 0 Å². The summed E-state index contributed by atoms with van der Waals surface area (Å²) in [5, 5.41) is 0. The second kappa shape index (κ2) is 9.65. The van der Waals surface area contributed by atoms with Gasteiger partial charge in [-0.1, -0.05) is 57.8 Å². The van der Waals surface area contributed by atoms with Gasteiger partial charge in [-0.25, -0.2) is 0 Å². The first-order chi connectivity index (χ1) is 10.9. The van der Waals surface area contributed by atoms with E-state index >= 15 is 0 Å². The van der Waals surface area contributed by atoms with Crippen molar-refractivity contribution >= 4 is 14.8 Å². The summed E-state index contributed by atoms with van der Waals surface area (Å²) >= 11 is -1.20. The van der Waals surface area contributed by atoms with Gasteiger partial charge in [0.2, 0.25) is 0 Å². The molecule has 0 aliphatic heterocycles. The third-order valence-electron chi connectivity index (χ3n) is 6.02. The van der Waals surface area contributed by atoms with Crippen molar-refractivity contribution in [1.82, 2.24) is 12.9 Å². The standard InChI is InChI=1S/3C6H12N.Al/c3*7-6-4-2-1-3-5-6;/h3*6-7H,1-5H2;/q3*-1;+3. The Balaban J connectivity index is 1.50. The Kier molecular flexibility index (Phi) is 7.56. The first-order valence-electron chi connectivity index (χ1n) is 10.2. The normalized spacial score (nSPS) is 26.2. The molecule has 3 fully saturated rings. The van der Waals surface area contributed by atoms with Crippen LogP contribution in [0.25, 0.3) is 0 Å². The van der Waals surface area contributed by atoms with Crippen molar-refractivity contribution in [3.05, 3.63) is 0 Å². The molecule has 0 atom stereocenters. The maximum atomic E-state index is 4.07. The van der Waals surface area contributed by atoms with E-state index in [4.69, 9.17) is 0 Å². The van der Waals surface area contributed by atoms with Gasteiger partial charge in [-0.3, -0.25) is 0 Å². The van der Waals surface area contributed by atoms with Crippen LogP contribution < -0.4 is 12.9 Å². The number of hydrogen-bond donors (Lipinski definition) is 3. The highest BCUT2D eigenvalue weighted by atomic mass is 27.2. The van der Waals surface area contributed by atoms with Crippen molar-refractivity contribution in [3.8, 4) is 0 Å². The minimum Gasteiger partial charge on any atom is -0.368 e. The molecule has 0 amide bonds. The van der Waals surface area contributed by atoms with Gasteiger partial charge in [0.05, 0.1) is 0 Å². The van der Waals surface area contributed by atoms with Gasteiger partial charge >= 0.3 is 14.8 Å². The van der Waals surface area contributed by atoms with Crippen LogP contribution in [0.2, 0.25) is 0 Å². The summed E-state index contributed by atoms with van der Waals surface area (Å²) in [6.45, 7) is 0. The zero-order valence-electron chi connectivity index (χ0n) is 14.4. The Morgan fingerprint density at radius 1 is 0.409 bits per heavy atom. The largest absolute Gasteiger partial charge is 0.601 e. The van der Waals surface area contributed by atoms with E-state index in [1.807, 2.05) is 0 Å². The van der Waals surface area contributed by atoms with Gasteiger partial charge in [-0.15, -0.1) is 0 Å². The molecule has 0 saturated heterocycles. The van der Waals surface area contributed by atoms with Crippen molar-refractivity contribution in [2.75, 3.05) is 0 Å². The fraction of sp³-hybridized carbons (Fsp3) is 1.00. The van der Waals surface area contributed by atoms with Crippen LogP contribution in [0.4, 0.5) is 0 Å². The van der Waals surface area contributed by atoms with Gasteiger partial charge in [-0.05, 0) is 56.7 Å². The molecule has 3 rings (SSSR count). The number of hydrogen-bond acceptors (Lipinski definition) is 3. The van der Waals surface area contributed by atoms with E-state index in [0.29, 0.717) is 0 Å². The fourth-order valence-electron chi connectivity index (χ4n) is 4.66. The first-order valence-corrected chi connectivity index (χ1v) is 11.9. The highest BCUT2D eigenvalue weighted by Gasteiger charge is 2.31. The summed E-state index contributed by atoms with van der Waals surface area (Å²) in [5.74, 6) is 0. The lowest BCUT2D eigenvalue weighted by Gasteiger charge is -2.33. The molecule has 3 aliphatic carbocycles. The molecule has 3 N–H and O–H groups in total. The van der Waals surface area contributed by atoms with Crippen LogP contribution in [0.5, 0.6) is 0 Å². The third kappa shape index (κ3) is 5.80. The minimum absolute atomic E-state index is 0.789. The van der Waals surface area contributed by atoms with E-state index in [0.717, 1.165) is 18.1 Å². The molecule has 126 valence electrons. The van der Waals surface area contributed by atoms with Crippen LogP contribution >= 0.6 is 0 Å². The number of rotatable bonds is 6. The van der Waals surface area contributed by atoms with Gasteiger partial charge in [0.15, 0.2) is 0 Å². The van der Waals surface area contributed by atoms with Crippen molar-refractivity contribution in [1.29, 1.82) is 0 Å². The maximum absolute atomic E-state index is 4.07. The molecule has 3 saturated carbocycles. The van der Waals surface area contributed by atoms with E-state index in [-0.39, 0.29) is 0 Å². The lowest BCUT2D eigenvalue weighted by molar-refractivity contribution is 0.375. The third-order valence-corrected chi connectivity index (χ3v) is 8.44. The van der Waals surface area contributed by atoms with Crippen molar-refractivity contribution in [2.24, 2.45) is 0 Å². The molecule has 4 heteroatoms. The summed E-state index contributed by atoms with van der Waals surface area (Å²) in [4.78, 5) is 0. The summed E-state index contributed by atoms with van der Waals surface area (Å²) in [6, 6.07) is 2.37. The topological polar surface area (TPSA) is 36.1 Å². The molecule has 0 unspecified atom stereocenters. The van der Waals surface area contributed by atoms with Crippen molar-refractivity contribution < 1.29 is 0 Å². The highest BCUT2D eigenvalue weighted by Crippen LogP contribution is 2.21. The van der Waals surface area contributed by atoms with Crippen molar-refractivity contribution in [3.63, 3.8) is 0 Å². The molecular weight excluding hydrogens is 285 g/mol. The highest BCUT2D eigenvalue weighted by molar-refractivity contribution is 6.50. The molecule has 3 nitrogen and oxygen atoms in total. The fourth-order valence-corrected chi connectivity index (χ4v) is 7.36. The van der Waals surface area contributed by atoms with E-state index in [1.165, 1.54) is 96.3 Å². The SMILES string of the molecule is C1CCC([NH][Al]([NH]C2CCCCC2)[NH]C2CCCCC2)CC1. The lowest BCUT2D eigenvalue weighted by atomic mass is 9.96.